The van der Waals surface area contributed by atoms with Crippen molar-refractivity contribution in [3.63, 3.8) is 0 Å². The molecule has 0 radical (unpaired) electrons. The second kappa shape index (κ2) is 6.57. The second-order valence-electron chi connectivity index (χ2n) is 7.82. The summed E-state index contributed by atoms with van der Waals surface area (Å²) in [5.74, 6) is 1.92. The van der Waals surface area contributed by atoms with Gasteiger partial charge >= 0.3 is 0 Å². The molecule has 0 N–H and O–H groups in total. The Kier molecular flexibility index (Phi) is 4.41. The van der Waals surface area contributed by atoms with Gasteiger partial charge in [-0.1, -0.05) is 0 Å². The third kappa shape index (κ3) is 3.51. The standard InChI is InChI=1S/C19H27FN4O/c1-15-3-4-17(25-15)12-23-7-5-18(20)19(13-23)6-8-24(14-19)11-16-9-21-22(2)10-16/h3-4,9-10,18H,5-8,11-14H2,1-2H3/t18-,19-/m0/s1. The molecular weight excluding hydrogens is 319 g/mol. The number of halogens is 1. The van der Waals surface area contributed by atoms with Crippen LogP contribution in [0.1, 0.15) is 29.9 Å². The number of hydrogen-bond acceptors (Lipinski definition) is 4. The van der Waals surface area contributed by atoms with E-state index in [4.69, 9.17) is 4.42 Å². The largest absolute Gasteiger partial charge is 0.465 e. The molecule has 2 aromatic rings. The van der Waals surface area contributed by atoms with Crippen molar-refractivity contribution in [2.75, 3.05) is 26.2 Å². The molecule has 5 nitrogen and oxygen atoms in total. The number of aromatic nitrogens is 2. The fourth-order valence-corrected chi connectivity index (χ4v) is 4.47. The van der Waals surface area contributed by atoms with Crippen molar-refractivity contribution in [3.8, 4) is 0 Å². The highest BCUT2D eigenvalue weighted by atomic mass is 19.1. The number of likely N-dealkylation sites (tertiary alicyclic amines) is 2. The van der Waals surface area contributed by atoms with Crippen molar-refractivity contribution in [3.05, 3.63) is 41.6 Å². The Morgan fingerprint density at radius 3 is 2.72 bits per heavy atom. The Balaban J connectivity index is 1.41. The summed E-state index contributed by atoms with van der Waals surface area (Å²) in [4.78, 5) is 4.74. The van der Waals surface area contributed by atoms with Crippen LogP contribution in [0.15, 0.2) is 28.9 Å². The van der Waals surface area contributed by atoms with Gasteiger partial charge in [-0.15, -0.1) is 0 Å². The summed E-state index contributed by atoms with van der Waals surface area (Å²) in [6, 6.07) is 4.03. The van der Waals surface area contributed by atoms with E-state index in [-0.39, 0.29) is 5.41 Å². The zero-order valence-corrected chi connectivity index (χ0v) is 15.1. The Hall–Kier alpha value is -1.66. The maximum absolute atomic E-state index is 14.9. The van der Waals surface area contributed by atoms with E-state index >= 15 is 0 Å². The molecule has 0 bridgehead atoms. The van der Waals surface area contributed by atoms with Gasteiger partial charge in [-0.2, -0.15) is 5.10 Å². The second-order valence-corrected chi connectivity index (χ2v) is 7.82. The van der Waals surface area contributed by atoms with E-state index < -0.39 is 6.17 Å². The van der Waals surface area contributed by atoms with Crippen molar-refractivity contribution >= 4 is 0 Å². The van der Waals surface area contributed by atoms with Gasteiger partial charge < -0.3 is 4.42 Å². The number of piperidine rings is 1. The molecule has 0 saturated carbocycles. The summed E-state index contributed by atoms with van der Waals surface area (Å²) in [6.45, 7) is 7.03. The summed E-state index contributed by atoms with van der Waals surface area (Å²) in [7, 11) is 1.93. The minimum Gasteiger partial charge on any atom is -0.465 e. The molecule has 4 rings (SSSR count). The van der Waals surface area contributed by atoms with E-state index in [2.05, 4.69) is 14.9 Å². The molecule has 0 amide bonds. The third-order valence-corrected chi connectivity index (χ3v) is 5.71. The predicted molar refractivity (Wildman–Crippen MR) is 93.8 cm³/mol. The number of nitrogens with zero attached hydrogens (tertiary/aromatic N) is 4. The van der Waals surface area contributed by atoms with E-state index in [1.54, 1.807) is 0 Å². The number of aryl methyl sites for hydroxylation is 2. The number of rotatable bonds is 4. The van der Waals surface area contributed by atoms with Crippen LogP contribution in [0.25, 0.3) is 0 Å². The Labute approximate surface area is 148 Å². The zero-order valence-electron chi connectivity index (χ0n) is 15.1. The topological polar surface area (TPSA) is 37.4 Å². The molecule has 0 aliphatic carbocycles. The number of furan rings is 1. The van der Waals surface area contributed by atoms with Crippen LogP contribution in [0.2, 0.25) is 0 Å². The van der Waals surface area contributed by atoms with Gasteiger partial charge in [-0.3, -0.25) is 14.5 Å². The van der Waals surface area contributed by atoms with E-state index in [1.807, 2.05) is 43.2 Å². The molecule has 136 valence electrons. The normalized spacial score (nSPS) is 28.2. The van der Waals surface area contributed by atoms with Crippen molar-refractivity contribution in [2.45, 2.75) is 39.0 Å². The monoisotopic (exact) mass is 346 g/mol. The molecule has 2 fully saturated rings. The van der Waals surface area contributed by atoms with Crippen molar-refractivity contribution < 1.29 is 8.81 Å². The van der Waals surface area contributed by atoms with Gasteiger partial charge in [0.15, 0.2) is 0 Å². The lowest BCUT2D eigenvalue weighted by molar-refractivity contribution is 0.00326. The van der Waals surface area contributed by atoms with Crippen LogP contribution in [-0.2, 0) is 20.1 Å². The molecule has 2 saturated heterocycles. The highest BCUT2D eigenvalue weighted by molar-refractivity contribution is 5.08. The molecule has 6 heteroatoms. The zero-order chi connectivity index (χ0) is 17.4. The van der Waals surface area contributed by atoms with Gasteiger partial charge in [0.05, 0.1) is 12.7 Å². The van der Waals surface area contributed by atoms with Crippen LogP contribution >= 0.6 is 0 Å². The van der Waals surface area contributed by atoms with Gasteiger partial charge in [0.25, 0.3) is 0 Å². The maximum atomic E-state index is 14.9. The lowest BCUT2D eigenvalue weighted by Gasteiger charge is -2.42. The first kappa shape index (κ1) is 16.8. The van der Waals surface area contributed by atoms with E-state index in [0.717, 1.165) is 57.2 Å². The molecule has 25 heavy (non-hydrogen) atoms. The molecule has 2 aliphatic rings. The Bertz CT molecular complexity index is 727. The summed E-state index contributed by atoms with van der Waals surface area (Å²) < 4.78 is 22.4. The number of alkyl halides is 1. The van der Waals surface area contributed by atoms with Gasteiger partial charge in [0.2, 0.25) is 0 Å². The van der Waals surface area contributed by atoms with E-state index in [0.29, 0.717) is 6.42 Å². The lowest BCUT2D eigenvalue weighted by Crippen LogP contribution is -2.51. The molecule has 1 spiro atoms. The SMILES string of the molecule is Cc1ccc(CN2CC[C@H](F)[C@@]3(CCN(Cc4cnn(C)c4)C3)C2)o1. The smallest absolute Gasteiger partial charge is 0.118 e. The Morgan fingerprint density at radius 2 is 2.04 bits per heavy atom. The molecule has 0 unspecified atom stereocenters. The average Bonchev–Trinajstić information content (AvgIpc) is 3.27. The highest BCUT2D eigenvalue weighted by Gasteiger charge is 2.48. The summed E-state index contributed by atoms with van der Waals surface area (Å²) >= 11 is 0. The summed E-state index contributed by atoms with van der Waals surface area (Å²) in [6.07, 6.45) is 4.80. The van der Waals surface area contributed by atoms with Crippen LogP contribution in [0, 0.1) is 12.3 Å². The minimum absolute atomic E-state index is 0.234. The highest BCUT2D eigenvalue weighted by Crippen LogP contribution is 2.41. The summed E-state index contributed by atoms with van der Waals surface area (Å²) in [5.41, 5.74) is 0.968. The van der Waals surface area contributed by atoms with Crippen LogP contribution < -0.4 is 0 Å². The first-order valence-corrected chi connectivity index (χ1v) is 9.14. The van der Waals surface area contributed by atoms with Gasteiger partial charge in [-0.25, -0.2) is 4.39 Å². The molecule has 4 heterocycles. The first-order valence-electron chi connectivity index (χ1n) is 9.14. The summed E-state index contributed by atoms with van der Waals surface area (Å²) in [5, 5.41) is 4.24. The number of hydrogen-bond donors (Lipinski definition) is 0. The lowest BCUT2D eigenvalue weighted by atomic mass is 9.77. The van der Waals surface area contributed by atoms with E-state index in [1.165, 1.54) is 5.56 Å². The molecule has 2 aliphatic heterocycles. The average molecular weight is 346 g/mol. The van der Waals surface area contributed by atoms with Crippen LogP contribution in [0.3, 0.4) is 0 Å². The molecule has 0 aromatic carbocycles. The molecular formula is C19H27FN4O. The molecule has 2 atom stereocenters. The van der Waals surface area contributed by atoms with Gasteiger partial charge in [0.1, 0.15) is 17.7 Å². The van der Waals surface area contributed by atoms with Crippen molar-refractivity contribution in [1.29, 1.82) is 0 Å². The fraction of sp³-hybridized carbons (Fsp3) is 0.632. The van der Waals surface area contributed by atoms with Crippen molar-refractivity contribution in [1.82, 2.24) is 19.6 Å². The third-order valence-electron chi connectivity index (χ3n) is 5.71. The van der Waals surface area contributed by atoms with Crippen molar-refractivity contribution in [2.24, 2.45) is 12.5 Å². The van der Waals surface area contributed by atoms with E-state index in [9.17, 15) is 4.39 Å². The molecule has 2 aromatic heterocycles. The van der Waals surface area contributed by atoms with Crippen LogP contribution in [-0.4, -0.2) is 51.9 Å². The van der Waals surface area contributed by atoms with Crippen LogP contribution in [0.4, 0.5) is 4.39 Å². The maximum Gasteiger partial charge on any atom is 0.118 e. The van der Waals surface area contributed by atoms with Gasteiger partial charge in [0, 0.05) is 50.4 Å². The fourth-order valence-electron chi connectivity index (χ4n) is 4.47. The van der Waals surface area contributed by atoms with Gasteiger partial charge in [-0.05, 0) is 38.4 Å². The quantitative estimate of drug-likeness (QED) is 0.853. The first-order chi connectivity index (χ1) is 12.0. The Morgan fingerprint density at radius 1 is 1.24 bits per heavy atom. The predicted octanol–water partition coefficient (Wildman–Crippen LogP) is 2.76. The van der Waals surface area contributed by atoms with Crippen LogP contribution in [0.5, 0.6) is 0 Å². The minimum atomic E-state index is -0.707.